The zero-order valence-corrected chi connectivity index (χ0v) is 14.4. The molecular weight excluding hydrogens is 351 g/mol. The molecule has 0 fully saturated rings. The third kappa shape index (κ3) is 3.21. The van der Waals surface area contributed by atoms with Gasteiger partial charge >= 0.3 is 0 Å². The molecule has 0 unspecified atom stereocenters. The number of rotatable bonds is 4. The van der Waals surface area contributed by atoms with E-state index < -0.39 is 0 Å². The van der Waals surface area contributed by atoms with Crippen LogP contribution in [0.1, 0.15) is 17.2 Å². The fourth-order valence-corrected chi connectivity index (χ4v) is 3.00. The fraction of sp³-hybridized carbons (Fsp3) is 0.0500. The second kappa shape index (κ2) is 7.06. The van der Waals surface area contributed by atoms with Crippen molar-refractivity contribution in [3.8, 4) is 0 Å². The Labute approximate surface area is 154 Å². The highest BCUT2D eigenvalue weighted by molar-refractivity contribution is 6.30. The van der Waals surface area contributed by atoms with Crippen molar-refractivity contribution in [3.05, 3.63) is 95.3 Å². The zero-order chi connectivity index (χ0) is 17.9. The lowest BCUT2D eigenvalue weighted by Crippen LogP contribution is -2.14. The van der Waals surface area contributed by atoms with Crippen LogP contribution in [-0.4, -0.2) is 15.0 Å². The molecule has 2 aromatic heterocycles. The summed E-state index contributed by atoms with van der Waals surface area (Å²) in [6, 6.07) is 15.8. The Kier molecular flexibility index (Phi) is 4.46. The smallest absolute Gasteiger partial charge is 0.141 e. The molecule has 0 spiro atoms. The Hall–Kier alpha value is -3.05. The number of nitrogens with one attached hydrogen (secondary N) is 1. The largest absolute Gasteiger partial charge is 0.358 e. The molecule has 2 aromatic carbocycles. The van der Waals surface area contributed by atoms with Crippen molar-refractivity contribution < 1.29 is 4.39 Å². The quantitative estimate of drug-likeness (QED) is 0.552. The van der Waals surface area contributed by atoms with Crippen LogP contribution in [0.3, 0.4) is 0 Å². The first-order valence-electron chi connectivity index (χ1n) is 8.03. The summed E-state index contributed by atoms with van der Waals surface area (Å²) in [5.74, 6) is 0.0588. The third-order valence-electron chi connectivity index (χ3n) is 4.11. The lowest BCUT2D eigenvalue weighted by molar-refractivity contribution is 0.639. The number of hydrogen-bond acceptors (Lipinski definition) is 4. The van der Waals surface area contributed by atoms with Gasteiger partial charge < -0.3 is 5.32 Å². The molecule has 4 rings (SSSR count). The van der Waals surface area contributed by atoms with Crippen LogP contribution in [0.2, 0.25) is 5.02 Å². The van der Waals surface area contributed by atoms with Crippen molar-refractivity contribution in [2.45, 2.75) is 6.04 Å². The van der Waals surface area contributed by atoms with Crippen molar-refractivity contribution in [1.82, 2.24) is 15.0 Å². The molecule has 4 nitrogen and oxygen atoms in total. The van der Waals surface area contributed by atoms with Crippen LogP contribution in [0.15, 0.2) is 73.3 Å². The predicted octanol–water partition coefficient (Wildman–Crippen LogP) is 5.02. The summed E-state index contributed by atoms with van der Waals surface area (Å²) in [5, 5.41) is 4.35. The molecule has 26 heavy (non-hydrogen) atoms. The van der Waals surface area contributed by atoms with Gasteiger partial charge in [0.2, 0.25) is 0 Å². The van der Waals surface area contributed by atoms with Crippen molar-refractivity contribution in [1.29, 1.82) is 0 Å². The van der Waals surface area contributed by atoms with Gasteiger partial charge in [-0.05, 0) is 41.5 Å². The molecule has 0 aliphatic rings. The Bertz CT molecular complexity index is 1030. The molecule has 0 amide bonds. The molecule has 2 heterocycles. The standard InChI is InChI=1S/C20H14ClFN4/c21-15-8-6-13(7-9-15)19(14-3-2-10-23-11-14)26-20-18-16(22)4-1-5-17(18)24-12-25-20/h1-12,19H,(H,24,25,26)/t19-/m1/s1. The molecule has 4 aromatic rings. The minimum absolute atomic E-state index is 0.265. The lowest BCUT2D eigenvalue weighted by Gasteiger charge is -2.21. The first kappa shape index (κ1) is 16.4. The van der Waals surface area contributed by atoms with Gasteiger partial charge in [-0.2, -0.15) is 0 Å². The predicted molar refractivity (Wildman–Crippen MR) is 101 cm³/mol. The van der Waals surface area contributed by atoms with Gasteiger partial charge in [0.15, 0.2) is 0 Å². The molecule has 0 radical (unpaired) electrons. The maximum Gasteiger partial charge on any atom is 0.141 e. The Balaban J connectivity index is 1.82. The Morgan fingerprint density at radius 1 is 0.923 bits per heavy atom. The molecule has 0 saturated carbocycles. The highest BCUT2D eigenvalue weighted by Gasteiger charge is 2.18. The molecular formula is C20H14ClFN4. The van der Waals surface area contributed by atoms with E-state index in [0.717, 1.165) is 11.1 Å². The highest BCUT2D eigenvalue weighted by atomic mass is 35.5. The minimum Gasteiger partial charge on any atom is -0.358 e. The van der Waals surface area contributed by atoms with E-state index in [-0.39, 0.29) is 11.9 Å². The van der Waals surface area contributed by atoms with Gasteiger partial charge in [-0.3, -0.25) is 4.98 Å². The number of fused-ring (bicyclic) bond motifs is 1. The number of benzene rings is 2. The van der Waals surface area contributed by atoms with E-state index in [0.29, 0.717) is 21.7 Å². The Morgan fingerprint density at radius 3 is 2.54 bits per heavy atom. The summed E-state index contributed by atoms with van der Waals surface area (Å²) in [6.45, 7) is 0. The van der Waals surface area contributed by atoms with Crippen LogP contribution >= 0.6 is 11.6 Å². The minimum atomic E-state index is -0.369. The molecule has 128 valence electrons. The van der Waals surface area contributed by atoms with Gasteiger partial charge in [-0.25, -0.2) is 14.4 Å². The van der Waals surface area contributed by atoms with Crippen molar-refractivity contribution >= 4 is 28.3 Å². The second-order valence-electron chi connectivity index (χ2n) is 5.77. The van der Waals surface area contributed by atoms with Gasteiger partial charge in [-0.15, -0.1) is 0 Å². The van der Waals surface area contributed by atoms with Crippen LogP contribution in [0.4, 0.5) is 10.2 Å². The van der Waals surface area contributed by atoms with E-state index in [4.69, 9.17) is 11.6 Å². The van der Waals surface area contributed by atoms with Gasteiger partial charge in [0, 0.05) is 17.4 Å². The van der Waals surface area contributed by atoms with Crippen LogP contribution in [-0.2, 0) is 0 Å². The zero-order valence-electron chi connectivity index (χ0n) is 13.6. The van der Waals surface area contributed by atoms with Crippen LogP contribution in [0.25, 0.3) is 10.9 Å². The summed E-state index contributed by atoms with van der Waals surface area (Å²) in [7, 11) is 0. The van der Waals surface area contributed by atoms with E-state index in [2.05, 4.69) is 20.3 Å². The van der Waals surface area contributed by atoms with E-state index in [9.17, 15) is 4.39 Å². The highest BCUT2D eigenvalue weighted by Crippen LogP contribution is 2.30. The Morgan fingerprint density at radius 2 is 1.77 bits per heavy atom. The molecule has 1 N–H and O–H groups in total. The summed E-state index contributed by atoms with van der Waals surface area (Å²) >= 11 is 6.02. The number of halogens is 2. The maximum atomic E-state index is 14.4. The fourth-order valence-electron chi connectivity index (χ4n) is 2.88. The summed E-state index contributed by atoms with van der Waals surface area (Å²) in [6.07, 6.45) is 4.90. The summed E-state index contributed by atoms with van der Waals surface area (Å²) < 4.78 is 14.4. The van der Waals surface area contributed by atoms with Gasteiger partial charge in [0.05, 0.1) is 16.9 Å². The maximum absolute atomic E-state index is 14.4. The molecule has 0 bridgehead atoms. The molecule has 1 atom stereocenters. The number of hydrogen-bond donors (Lipinski definition) is 1. The van der Waals surface area contributed by atoms with Crippen molar-refractivity contribution in [3.63, 3.8) is 0 Å². The summed E-state index contributed by atoms with van der Waals surface area (Å²) in [4.78, 5) is 12.6. The van der Waals surface area contributed by atoms with E-state index in [1.807, 2.05) is 36.4 Å². The average Bonchev–Trinajstić information content (AvgIpc) is 2.68. The monoisotopic (exact) mass is 364 g/mol. The molecule has 6 heteroatoms. The van der Waals surface area contributed by atoms with Crippen molar-refractivity contribution in [2.24, 2.45) is 0 Å². The molecule has 0 saturated heterocycles. The molecule has 0 aliphatic heterocycles. The summed E-state index contributed by atoms with van der Waals surface area (Å²) in [5.41, 5.74) is 2.44. The number of anilines is 1. The van der Waals surface area contributed by atoms with Gasteiger partial charge in [0.25, 0.3) is 0 Å². The number of aromatic nitrogens is 3. The number of nitrogens with zero attached hydrogens (tertiary/aromatic N) is 3. The normalized spacial score (nSPS) is 12.1. The third-order valence-corrected chi connectivity index (χ3v) is 4.37. The van der Waals surface area contributed by atoms with E-state index in [1.165, 1.54) is 12.4 Å². The van der Waals surface area contributed by atoms with Crippen LogP contribution in [0.5, 0.6) is 0 Å². The van der Waals surface area contributed by atoms with Crippen LogP contribution < -0.4 is 5.32 Å². The van der Waals surface area contributed by atoms with E-state index in [1.54, 1.807) is 24.5 Å². The average molecular weight is 365 g/mol. The molecule has 0 aliphatic carbocycles. The first-order valence-corrected chi connectivity index (χ1v) is 8.41. The lowest BCUT2D eigenvalue weighted by atomic mass is 10.00. The van der Waals surface area contributed by atoms with Gasteiger partial charge in [-0.1, -0.05) is 35.9 Å². The number of pyridine rings is 1. The second-order valence-corrected chi connectivity index (χ2v) is 6.21. The van der Waals surface area contributed by atoms with Gasteiger partial charge in [0.1, 0.15) is 18.0 Å². The SMILES string of the molecule is Fc1cccc2ncnc(N[C@H](c3ccc(Cl)cc3)c3cccnc3)c12. The van der Waals surface area contributed by atoms with Crippen molar-refractivity contribution in [2.75, 3.05) is 5.32 Å². The van der Waals surface area contributed by atoms with Crippen LogP contribution in [0, 0.1) is 5.82 Å². The van der Waals surface area contributed by atoms with E-state index >= 15 is 0 Å². The topological polar surface area (TPSA) is 50.7 Å². The first-order chi connectivity index (χ1) is 12.7.